The van der Waals surface area contributed by atoms with Gasteiger partial charge in [-0.25, -0.2) is 4.79 Å². The molecular formula is C14H23NO3. The summed E-state index contributed by atoms with van der Waals surface area (Å²) < 4.78 is 5.31. The zero-order valence-corrected chi connectivity index (χ0v) is 11.7. The van der Waals surface area contributed by atoms with Crippen LogP contribution in [0.2, 0.25) is 0 Å². The summed E-state index contributed by atoms with van der Waals surface area (Å²) in [5, 5.41) is 0. The molecule has 0 aromatic carbocycles. The number of amides is 1. The molecule has 4 heteroatoms. The van der Waals surface area contributed by atoms with E-state index in [4.69, 9.17) is 4.74 Å². The predicted octanol–water partition coefficient (Wildman–Crippen LogP) is 2.78. The number of ether oxygens (including phenoxy) is 1. The molecule has 1 amide bonds. The largest absolute Gasteiger partial charge is 0.444 e. The Balaban J connectivity index is 2.44. The number of carbonyl (C=O) groups excluding carboxylic acids is 2. The number of piperidine rings is 1. The van der Waals surface area contributed by atoms with Crippen molar-refractivity contribution in [2.45, 2.75) is 46.1 Å². The molecule has 0 bridgehead atoms. The topological polar surface area (TPSA) is 46.6 Å². The maximum absolute atomic E-state index is 11.8. The molecule has 1 saturated heterocycles. The second-order valence-corrected chi connectivity index (χ2v) is 5.64. The van der Waals surface area contributed by atoms with Crippen molar-refractivity contribution in [1.29, 1.82) is 0 Å². The van der Waals surface area contributed by atoms with Crippen LogP contribution in [0.4, 0.5) is 4.79 Å². The third kappa shape index (κ3) is 4.51. The molecule has 1 fully saturated rings. The second kappa shape index (κ2) is 6.03. The third-order valence-electron chi connectivity index (χ3n) is 2.88. The van der Waals surface area contributed by atoms with Gasteiger partial charge in [0.05, 0.1) is 0 Å². The molecular weight excluding hydrogens is 230 g/mol. The van der Waals surface area contributed by atoms with Gasteiger partial charge in [-0.3, -0.25) is 4.79 Å². The molecule has 18 heavy (non-hydrogen) atoms. The quantitative estimate of drug-likeness (QED) is 0.711. The zero-order chi connectivity index (χ0) is 13.8. The number of rotatable bonds is 2. The fourth-order valence-electron chi connectivity index (χ4n) is 1.97. The first-order valence-electron chi connectivity index (χ1n) is 6.48. The average Bonchev–Trinajstić information content (AvgIpc) is 2.27. The van der Waals surface area contributed by atoms with E-state index in [1.165, 1.54) is 0 Å². The van der Waals surface area contributed by atoms with Crippen molar-refractivity contribution in [3.8, 4) is 0 Å². The average molecular weight is 253 g/mol. The number of carbonyl (C=O) groups is 2. The first-order valence-corrected chi connectivity index (χ1v) is 6.48. The Morgan fingerprint density at radius 1 is 1.22 bits per heavy atom. The van der Waals surface area contributed by atoms with Crippen LogP contribution in [0.1, 0.15) is 40.5 Å². The van der Waals surface area contributed by atoms with Gasteiger partial charge in [-0.05, 0) is 46.6 Å². The lowest BCUT2D eigenvalue weighted by Crippen LogP contribution is -2.42. The monoisotopic (exact) mass is 253 g/mol. The third-order valence-corrected chi connectivity index (χ3v) is 2.88. The molecule has 0 radical (unpaired) electrons. The van der Waals surface area contributed by atoms with Crippen molar-refractivity contribution in [2.75, 3.05) is 13.1 Å². The van der Waals surface area contributed by atoms with E-state index in [9.17, 15) is 9.59 Å². The SMILES string of the molecule is CC=CC(=O)C1CCN(C(=O)OC(C)(C)C)CC1. The Morgan fingerprint density at radius 3 is 2.22 bits per heavy atom. The minimum atomic E-state index is -0.464. The van der Waals surface area contributed by atoms with Crippen LogP contribution >= 0.6 is 0 Å². The van der Waals surface area contributed by atoms with Crippen molar-refractivity contribution in [1.82, 2.24) is 4.90 Å². The molecule has 4 nitrogen and oxygen atoms in total. The smallest absolute Gasteiger partial charge is 0.410 e. The lowest BCUT2D eigenvalue weighted by molar-refractivity contribution is -0.119. The van der Waals surface area contributed by atoms with Gasteiger partial charge in [0.1, 0.15) is 5.60 Å². The standard InChI is InChI=1S/C14H23NO3/c1-5-6-12(16)11-7-9-15(10-8-11)13(17)18-14(2,3)4/h5-6,11H,7-10H2,1-4H3. The molecule has 0 atom stereocenters. The first-order chi connectivity index (χ1) is 8.33. The normalized spacial score (nSPS) is 18.1. The van der Waals surface area contributed by atoms with Crippen molar-refractivity contribution < 1.29 is 14.3 Å². The van der Waals surface area contributed by atoms with Crippen molar-refractivity contribution in [3.63, 3.8) is 0 Å². The lowest BCUT2D eigenvalue weighted by Gasteiger charge is -2.32. The van der Waals surface area contributed by atoms with Gasteiger partial charge < -0.3 is 9.64 Å². The van der Waals surface area contributed by atoms with Crippen LogP contribution < -0.4 is 0 Å². The van der Waals surface area contributed by atoms with E-state index in [0.29, 0.717) is 13.1 Å². The summed E-state index contributed by atoms with van der Waals surface area (Å²) in [6, 6.07) is 0. The van der Waals surface area contributed by atoms with Crippen LogP contribution in [-0.4, -0.2) is 35.5 Å². The molecule has 0 aromatic heterocycles. The fourth-order valence-corrected chi connectivity index (χ4v) is 1.97. The van der Waals surface area contributed by atoms with E-state index in [1.807, 2.05) is 27.7 Å². The van der Waals surface area contributed by atoms with E-state index >= 15 is 0 Å². The maximum Gasteiger partial charge on any atom is 0.410 e. The van der Waals surface area contributed by atoms with Crippen LogP contribution in [0, 0.1) is 5.92 Å². The molecule has 0 unspecified atom stereocenters. The predicted molar refractivity (Wildman–Crippen MR) is 70.4 cm³/mol. The molecule has 1 heterocycles. The number of likely N-dealkylation sites (tertiary alicyclic amines) is 1. The van der Waals surface area contributed by atoms with E-state index in [1.54, 1.807) is 17.1 Å². The van der Waals surface area contributed by atoms with Gasteiger partial charge in [0.2, 0.25) is 0 Å². The molecule has 0 aliphatic carbocycles. The number of hydrogen-bond acceptors (Lipinski definition) is 3. The van der Waals surface area contributed by atoms with Gasteiger partial charge in [-0.2, -0.15) is 0 Å². The molecule has 102 valence electrons. The van der Waals surface area contributed by atoms with Crippen molar-refractivity contribution >= 4 is 11.9 Å². The molecule has 0 saturated carbocycles. The number of hydrogen-bond donors (Lipinski definition) is 0. The van der Waals surface area contributed by atoms with E-state index < -0.39 is 5.60 Å². The minimum Gasteiger partial charge on any atom is -0.444 e. The number of allylic oxidation sites excluding steroid dienone is 2. The molecule has 1 aliphatic rings. The summed E-state index contributed by atoms with van der Waals surface area (Å²) >= 11 is 0. The van der Waals surface area contributed by atoms with Crippen LogP contribution in [0.25, 0.3) is 0 Å². The molecule has 0 N–H and O–H groups in total. The minimum absolute atomic E-state index is 0.0555. The second-order valence-electron chi connectivity index (χ2n) is 5.64. The molecule has 0 spiro atoms. The summed E-state index contributed by atoms with van der Waals surface area (Å²) in [4.78, 5) is 25.2. The molecule has 0 aromatic rings. The highest BCUT2D eigenvalue weighted by Gasteiger charge is 2.28. The van der Waals surface area contributed by atoms with Crippen molar-refractivity contribution in [3.05, 3.63) is 12.2 Å². The first kappa shape index (κ1) is 14.7. The maximum atomic E-state index is 11.8. The van der Waals surface area contributed by atoms with Crippen LogP contribution in [0.5, 0.6) is 0 Å². The lowest BCUT2D eigenvalue weighted by atomic mass is 9.92. The van der Waals surface area contributed by atoms with Crippen LogP contribution in [-0.2, 0) is 9.53 Å². The fraction of sp³-hybridized carbons (Fsp3) is 0.714. The highest BCUT2D eigenvalue weighted by Crippen LogP contribution is 2.20. The van der Waals surface area contributed by atoms with Gasteiger partial charge in [0, 0.05) is 19.0 Å². The van der Waals surface area contributed by atoms with E-state index in [2.05, 4.69) is 0 Å². The summed E-state index contributed by atoms with van der Waals surface area (Å²) in [6.45, 7) is 8.60. The summed E-state index contributed by atoms with van der Waals surface area (Å²) in [5.41, 5.74) is -0.464. The van der Waals surface area contributed by atoms with Crippen LogP contribution in [0.3, 0.4) is 0 Å². The van der Waals surface area contributed by atoms with Gasteiger partial charge >= 0.3 is 6.09 Å². The Kier molecular flexibility index (Phi) is 4.93. The van der Waals surface area contributed by atoms with E-state index in [0.717, 1.165) is 12.8 Å². The van der Waals surface area contributed by atoms with Crippen molar-refractivity contribution in [2.24, 2.45) is 5.92 Å². The van der Waals surface area contributed by atoms with Gasteiger partial charge in [0.25, 0.3) is 0 Å². The van der Waals surface area contributed by atoms with E-state index in [-0.39, 0.29) is 17.8 Å². The molecule has 1 aliphatic heterocycles. The summed E-state index contributed by atoms with van der Waals surface area (Å²) in [6.07, 6.45) is 4.56. The zero-order valence-electron chi connectivity index (χ0n) is 11.7. The Labute approximate surface area is 109 Å². The van der Waals surface area contributed by atoms with Gasteiger partial charge in [-0.15, -0.1) is 0 Å². The molecule has 1 rings (SSSR count). The van der Waals surface area contributed by atoms with Gasteiger partial charge in [0.15, 0.2) is 5.78 Å². The van der Waals surface area contributed by atoms with Gasteiger partial charge in [-0.1, -0.05) is 6.08 Å². The summed E-state index contributed by atoms with van der Waals surface area (Å²) in [7, 11) is 0. The highest BCUT2D eigenvalue weighted by molar-refractivity contribution is 5.91. The Hall–Kier alpha value is -1.32. The highest BCUT2D eigenvalue weighted by atomic mass is 16.6. The summed E-state index contributed by atoms with van der Waals surface area (Å²) in [5.74, 6) is 0.223. The Morgan fingerprint density at radius 2 is 1.78 bits per heavy atom. The Bertz CT molecular complexity index is 333. The van der Waals surface area contributed by atoms with Crippen LogP contribution in [0.15, 0.2) is 12.2 Å². The number of ketones is 1. The number of nitrogens with zero attached hydrogens (tertiary/aromatic N) is 1.